The van der Waals surface area contributed by atoms with Crippen LogP contribution in [0.1, 0.15) is 0 Å². The SMILES string of the molecule is O=[N+]([O-])c1ccc(-n2ccnc2)cc1OC(F)F. The van der Waals surface area contributed by atoms with Crippen molar-refractivity contribution in [3.05, 3.63) is 47.0 Å². The molecule has 0 spiro atoms. The van der Waals surface area contributed by atoms with E-state index in [4.69, 9.17) is 0 Å². The van der Waals surface area contributed by atoms with E-state index in [0.717, 1.165) is 12.1 Å². The molecule has 6 nitrogen and oxygen atoms in total. The molecule has 0 bridgehead atoms. The van der Waals surface area contributed by atoms with Crippen molar-refractivity contribution in [3.8, 4) is 11.4 Å². The summed E-state index contributed by atoms with van der Waals surface area (Å²) in [6, 6.07) is 3.68. The Hall–Kier alpha value is -2.51. The van der Waals surface area contributed by atoms with Gasteiger partial charge in [0.2, 0.25) is 5.75 Å². The van der Waals surface area contributed by atoms with Crippen LogP contribution in [0.25, 0.3) is 5.69 Å². The minimum atomic E-state index is -3.12. The first kappa shape index (κ1) is 12.0. The third kappa shape index (κ3) is 2.42. The van der Waals surface area contributed by atoms with Crippen molar-refractivity contribution in [2.24, 2.45) is 0 Å². The number of nitro groups is 1. The molecule has 8 heteroatoms. The number of hydrogen-bond donors (Lipinski definition) is 0. The molecule has 0 aliphatic rings. The van der Waals surface area contributed by atoms with Crippen LogP contribution in [-0.4, -0.2) is 21.1 Å². The predicted molar refractivity (Wildman–Crippen MR) is 56.9 cm³/mol. The Morgan fingerprint density at radius 3 is 2.78 bits per heavy atom. The van der Waals surface area contributed by atoms with E-state index in [0.29, 0.717) is 5.69 Å². The Kier molecular flexibility index (Phi) is 3.18. The van der Waals surface area contributed by atoms with Gasteiger partial charge in [-0.2, -0.15) is 8.78 Å². The van der Waals surface area contributed by atoms with Gasteiger partial charge in [0, 0.05) is 24.5 Å². The van der Waals surface area contributed by atoms with Crippen LogP contribution >= 0.6 is 0 Å². The highest BCUT2D eigenvalue weighted by Crippen LogP contribution is 2.30. The number of rotatable bonds is 4. The lowest BCUT2D eigenvalue weighted by Gasteiger charge is -2.08. The standard InChI is InChI=1S/C10H7F2N3O3/c11-10(12)18-9-5-7(14-4-3-13-6-14)1-2-8(9)15(16)17/h1-6,10H. The maximum absolute atomic E-state index is 12.2. The van der Waals surface area contributed by atoms with Gasteiger partial charge in [0.25, 0.3) is 0 Å². The van der Waals surface area contributed by atoms with Crippen molar-refractivity contribution in [3.63, 3.8) is 0 Å². The second kappa shape index (κ2) is 4.78. The minimum Gasteiger partial charge on any atom is -0.427 e. The Morgan fingerprint density at radius 2 is 2.22 bits per heavy atom. The molecule has 0 aliphatic heterocycles. The Bertz CT molecular complexity index is 558. The summed E-state index contributed by atoms with van der Waals surface area (Å²) in [5.74, 6) is -0.485. The van der Waals surface area contributed by atoms with Gasteiger partial charge in [-0.05, 0) is 6.07 Å². The Balaban J connectivity index is 2.45. The topological polar surface area (TPSA) is 70.2 Å². The molecule has 2 rings (SSSR count). The molecule has 1 aromatic carbocycles. The molecule has 18 heavy (non-hydrogen) atoms. The van der Waals surface area contributed by atoms with Gasteiger partial charge in [0.15, 0.2) is 0 Å². The molecule has 0 aliphatic carbocycles. The number of alkyl halides is 2. The third-order valence-corrected chi connectivity index (χ3v) is 2.16. The van der Waals surface area contributed by atoms with Crippen LogP contribution in [-0.2, 0) is 0 Å². The van der Waals surface area contributed by atoms with Crippen molar-refractivity contribution < 1.29 is 18.4 Å². The summed E-state index contributed by atoms with van der Waals surface area (Å²) >= 11 is 0. The smallest absolute Gasteiger partial charge is 0.387 e. The second-order valence-electron chi connectivity index (χ2n) is 3.26. The Morgan fingerprint density at radius 1 is 1.44 bits per heavy atom. The maximum Gasteiger partial charge on any atom is 0.387 e. The summed E-state index contributed by atoms with van der Waals surface area (Å²) in [5.41, 5.74) is -0.0760. The zero-order valence-corrected chi connectivity index (χ0v) is 8.86. The van der Waals surface area contributed by atoms with E-state index in [1.54, 1.807) is 6.20 Å². The summed E-state index contributed by atoms with van der Waals surface area (Å²) in [4.78, 5) is 13.7. The van der Waals surface area contributed by atoms with E-state index in [9.17, 15) is 18.9 Å². The summed E-state index contributed by atoms with van der Waals surface area (Å²) in [6.45, 7) is -3.12. The number of aromatic nitrogens is 2. The first-order chi connectivity index (χ1) is 8.58. The fourth-order valence-corrected chi connectivity index (χ4v) is 1.42. The molecule has 2 aromatic rings. The molecular formula is C10H7F2N3O3. The number of hydrogen-bond acceptors (Lipinski definition) is 4. The molecule has 0 unspecified atom stereocenters. The summed E-state index contributed by atoms with van der Waals surface area (Å²) < 4.78 is 30.0. The van der Waals surface area contributed by atoms with E-state index in [1.165, 1.54) is 23.2 Å². The van der Waals surface area contributed by atoms with Crippen LogP contribution in [0.5, 0.6) is 5.75 Å². The van der Waals surface area contributed by atoms with Gasteiger partial charge in [0.1, 0.15) is 0 Å². The molecule has 1 aromatic heterocycles. The molecule has 0 N–H and O–H groups in total. The van der Waals surface area contributed by atoms with Crippen molar-refractivity contribution >= 4 is 5.69 Å². The van der Waals surface area contributed by atoms with Crippen LogP contribution in [0.2, 0.25) is 0 Å². The zero-order valence-electron chi connectivity index (χ0n) is 8.86. The first-order valence-electron chi connectivity index (χ1n) is 4.79. The maximum atomic E-state index is 12.2. The van der Waals surface area contributed by atoms with E-state index >= 15 is 0 Å². The summed E-state index contributed by atoms with van der Waals surface area (Å²) in [7, 11) is 0. The van der Waals surface area contributed by atoms with Crippen molar-refractivity contribution in [2.45, 2.75) is 6.61 Å². The van der Waals surface area contributed by atoms with Crippen molar-refractivity contribution in [2.75, 3.05) is 0 Å². The lowest BCUT2D eigenvalue weighted by Crippen LogP contribution is -2.05. The highest BCUT2D eigenvalue weighted by Gasteiger charge is 2.19. The second-order valence-corrected chi connectivity index (χ2v) is 3.26. The largest absolute Gasteiger partial charge is 0.427 e. The third-order valence-electron chi connectivity index (χ3n) is 2.16. The normalized spacial score (nSPS) is 10.6. The zero-order chi connectivity index (χ0) is 13.1. The molecule has 1 heterocycles. The Labute approximate surface area is 99.6 Å². The van der Waals surface area contributed by atoms with Gasteiger partial charge in [-0.25, -0.2) is 4.98 Å². The summed E-state index contributed by atoms with van der Waals surface area (Å²) in [5, 5.41) is 10.7. The molecule has 0 saturated heterocycles. The summed E-state index contributed by atoms with van der Waals surface area (Å²) in [6.07, 6.45) is 4.51. The number of nitrogens with zero attached hydrogens (tertiary/aromatic N) is 3. The fraction of sp³-hybridized carbons (Fsp3) is 0.100. The highest BCUT2D eigenvalue weighted by molar-refractivity contribution is 5.53. The first-order valence-corrected chi connectivity index (χ1v) is 4.79. The molecule has 0 amide bonds. The van der Waals surface area contributed by atoms with E-state index < -0.39 is 23.0 Å². The number of halogens is 2. The van der Waals surface area contributed by atoms with Crippen LogP contribution < -0.4 is 4.74 Å². The van der Waals surface area contributed by atoms with Gasteiger partial charge in [-0.3, -0.25) is 10.1 Å². The number of imidazole rings is 1. The van der Waals surface area contributed by atoms with E-state index in [-0.39, 0.29) is 0 Å². The lowest BCUT2D eigenvalue weighted by molar-refractivity contribution is -0.386. The van der Waals surface area contributed by atoms with Crippen molar-refractivity contribution in [1.29, 1.82) is 0 Å². The molecule has 0 radical (unpaired) electrons. The average Bonchev–Trinajstić information content (AvgIpc) is 2.81. The van der Waals surface area contributed by atoms with Crippen molar-refractivity contribution in [1.82, 2.24) is 9.55 Å². The molecule has 0 fully saturated rings. The van der Waals surface area contributed by atoms with Crippen LogP contribution in [0.3, 0.4) is 0 Å². The van der Waals surface area contributed by atoms with Gasteiger partial charge < -0.3 is 9.30 Å². The van der Waals surface area contributed by atoms with Crippen LogP contribution in [0, 0.1) is 10.1 Å². The van der Waals surface area contributed by atoms with Gasteiger partial charge in [0.05, 0.1) is 16.9 Å². The molecule has 0 saturated carbocycles. The number of nitro benzene ring substituents is 1. The minimum absolute atomic E-state index is 0.439. The van der Waals surface area contributed by atoms with Gasteiger partial charge in [-0.1, -0.05) is 0 Å². The lowest BCUT2D eigenvalue weighted by atomic mass is 10.2. The number of benzene rings is 1. The fourth-order valence-electron chi connectivity index (χ4n) is 1.42. The van der Waals surface area contributed by atoms with Gasteiger partial charge in [-0.15, -0.1) is 0 Å². The van der Waals surface area contributed by atoms with Crippen LogP contribution in [0.15, 0.2) is 36.9 Å². The average molecular weight is 255 g/mol. The monoisotopic (exact) mass is 255 g/mol. The quantitative estimate of drug-likeness (QED) is 0.621. The van der Waals surface area contributed by atoms with Gasteiger partial charge >= 0.3 is 12.3 Å². The number of ether oxygens (including phenoxy) is 1. The van der Waals surface area contributed by atoms with E-state index in [1.807, 2.05) is 0 Å². The van der Waals surface area contributed by atoms with Crippen LogP contribution in [0.4, 0.5) is 14.5 Å². The molecule has 94 valence electrons. The van der Waals surface area contributed by atoms with E-state index in [2.05, 4.69) is 9.72 Å². The molecule has 0 atom stereocenters. The highest BCUT2D eigenvalue weighted by atomic mass is 19.3. The molecular weight excluding hydrogens is 248 g/mol. The predicted octanol–water partition coefficient (Wildman–Crippen LogP) is 2.38.